The average Bonchev–Trinajstić information content (AvgIpc) is 2.42. The van der Waals surface area contributed by atoms with Gasteiger partial charge in [-0.05, 0) is 42.8 Å². The molecule has 0 amide bonds. The minimum absolute atomic E-state index is 0.0734. The first-order chi connectivity index (χ1) is 10.2. The van der Waals surface area contributed by atoms with Gasteiger partial charge in [0.2, 0.25) is 0 Å². The van der Waals surface area contributed by atoms with Crippen molar-refractivity contribution in [2.75, 3.05) is 4.72 Å². The van der Waals surface area contributed by atoms with Crippen LogP contribution in [-0.4, -0.2) is 19.5 Å². The van der Waals surface area contributed by atoms with Gasteiger partial charge in [0.05, 0.1) is 16.3 Å². The first kappa shape index (κ1) is 16.6. The molecule has 0 fully saturated rings. The number of halogens is 2. The standard InChI is InChI=1S/C14H11Cl2NO4S/c1-8-2-4-10(7-12(8)16)17-22(20,21)13-6-9(14(18)19)3-5-11(13)15/h2-7,17H,1H3,(H,18,19). The lowest BCUT2D eigenvalue weighted by atomic mass is 10.2. The second-order valence-electron chi connectivity index (χ2n) is 4.52. The third-order valence-electron chi connectivity index (χ3n) is 2.89. The number of benzene rings is 2. The number of aromatic carboxylic acids is 1. The molecule has 0 spiro atoms. The van der Waals surface area contributed by atoms with E-state index >= 15 is 0 Å². The summed E-state index contributed by atoms with van der Waals surface area (Å²) in [6, 6.07) is 8.13. The predicted octanol–water partition coefficient (Wildman–Crippen LogP) is 3.80. The van der Waals surface area contributed by atoms with Crippen molar-refractivity contribution in [3.8, 4) is 0 Å². The van der Waals surface area contributed by atoms with Gasteiger partial charge in [-0.1, -0.05) is 29.3 Å². The quantitative estimate of drug-likeness (QED) is 0.869. The van der Waals surface area contributed by atoms with Crippen LogP contribution in [0, 0.1) is 6.92 Å². The zero-order valence-corrected chi connectivity index (χ0v) is 13.6. The number of carboxylic acids is 1. The molecule has 2 N–H and O–H groups in total. The Labute approximate surface area is 137 Å². The van der Waals surface area contributed by atoms with Gasteiger partial charge in [-0.25, -0.2) is 13.2 Å². The van der Waals surface area contributed by atoms with Crippen LogP contribution in [0.25, 0.3) is 0 Å². The van der Waals surface area contributed by atoms with E-state index in [1.165, 1.54) is 18.2 Å². The lowest BCUT2D eigenvalue weighted by Gasteiger charge is -2.11. The number of hydrogen-bond donors (Lipinski definition) is 2. The number of rotatable bonds is 4. The Kier molecular flexibility index (Phi) is 4.65. The van der Waals surface area contributed by atoms with Crippen molar-refractivity contribution in [3.63, 3.8) is 0 Å². The van der Waals surface area contributed by atoms with Crippen LogP contribution in [0.15, 0.2) is 41.3 Å². The van der Waals surface area contributed by atoms with Crippen LogP contribution in [0.1, 0.15) is 15.9 Å². The Morgan fingerprint density at radius 2 is 1.77 bits per heavy atom. The Bertz CT molecular complexity index is 850. The summed E-state index contributed by atoms with van der Waals surface area (Å²) >= 11 is 11.8. The second-order valence-corrected chi connectivity index (χ2v) is 6.99. The maximum Gasteiger partial charge on any atom is 0.335 e. The van der Waals surface area contributed by atoms with Gasteiger partial charge in [0.1, 0.15) is 4.90 Å². The smallest absolute Gasteiger partial charge is 0.335 e. The summed E-state index contributed by atoms with van der Waals surface area (Å²) in [4.78, 5) is 10.6. The zero-order valence-electron chi connectivity index (χ0n) is 11.3. The summed E-state index contributed by atoms with van der Waals surface area (Å²) in [6.45, 7) is 1.79. The van der Waals surface area contributed by atoms with Gasteiger partial charge in [-0.2, -0.15) is 0 Å². The van der Waals surface area contributed by atoms with Crippen LogP contribution in [0.3, 0.4) is 0 Å². The van der Waals surface area contributed by atoms with Gasteiger partial charge in [0, 0.05) is 5.02 Å². The molecule has 116 valence electrons. The molecule has 8 heteroatoms. The first-order valence-corrected chi connectivity index (χ1v) is 8.26. The summed E-state index contributed by atoms with van der Waals surface area (Å²) in [6.07, 6.45) is 0. The van der Waals surface area contributed by atoms with Crippen LogP contribution in [0.5, 0.6) is 0 Å². The Hall–Kier alpha value is -1.76. The molecule has 22 heavy (non-hydrogen) atoms. The lowest BCUT2D eigenvalue weighted by Crippen LogP contribution is -2.14. The van der Waals surface area contributed by atoms with Crippen molar-refractivity contribution in [2.45, 2.75) is 11.8 Å². The molecule has 0 aromatic heterocycles. The topological polar surface area (TPSA) is 83.5 Å². The summed E-state index contributed by atoms with van der Waals surface area (Å²) in [5.41, 5.74) is 0.884. The zero-order chi connectivity index (χ0) is 16.5. The molecule has 0 saturated heterocycles. The largest absolute Gasteiger partial charge is 0.478 e. The fourth-order valence-electron chi connectivity index (χ4n) is 1.71. The average molecular weight is 360 g/mol. The number of nitrogens with one attached hydrogen (secondary N) is 1. The molecular weight excluding hydrogens is 349 g/mol. The summed E-state index contributed by atoms with van der Waals surface area (Å²) in [5.74, 6) is -1.24. The minimum Gasteiger partial charge on any atom is -0.478 e. The molecule has 0 unspecified atom stereocenters. The molecule has 0 radical (unpaired) electrons. The normalized spacial score (nSPS) is 11.2. The van der Waals surface area contributed by atoms with E-state index in [2.05, 4.69) is 4.72 Å². The highest BCUT2D eigenvalue weighted by molar-refractivity contribution is 7.92. The fourth-order valence-corrected chi connectivity index (χ4v) is 3.47. The summed E-state index contributed by atoms with van der Waals surface area (Å²) < 4.78 is 27.0. The van der Waals surface area contributed by atoms with Crippen molar-refractivity contribution >= 4 is 44.9 Å². The molecule has 0 aliphatic carbocycles. The SMILES string of the molecule is Cc1ccc(NS(=O)(=O)c2cc(C(=O)O)ccc2Cl)cc1Cl. The number of sulfonamides is 1. The number of carboxylic acid groups (broad SMARTS) is 1. The van der Waals surface area contributed by atoms with E-state index in [0.717, 1.165) is 11.6 Å². The maximum atomic E-state index is 12.4. The molecule has 2 aromatic rings. The van der Waals surface area contributed by atoms with Crippen LogP contribution >= 0.6 is 23.2 Å². The molecule has 0 atom stereocenters. The van der Waals surface area contributed by atoms with Gasteiger partial charge in [0.15, 0.2) is 0 Å². The number of hydrogen-bond acceptors (Lipinski definition) is 3. The molecular formula is C14H11Cl2NO4S. The highest BCUT2D eigenvalue weighted by Gasteiger charge is 2.20. The third-order valence-corrected chi connectivity index (χ3v) is 5.16. The molecule has 0 bridgehead atoms. The van der Waals surface area contributed by atoms with Crippen LogP contribution in [-0.2, 0) is 10.0 Å². The van der Waals surface area contributed by atoms with Crippen molar-refractivity contribution in [1.29, 1.82) is 0 Å². The fraction of sp³-hybridized carbons (Fsp3) is 0.0714. The van der Waals surface area contributed by atoms with Crippen LogP contribution in [0.4, 0.5) is 5.69 Å². The second kappa shape index (κ2) is 6.16. The van der Waals surface area contributed by atoms with E-state index in [0.29, 0.717) is 5.02 Å². The molecule has 0 aliphatic rings. The highest BCUT2D eigenvalue weighted by Crippen LogP contribution is 2.27. The van der Waals surface area contributed by atoms with Gasteiger partial charge in [-0.3, -0.25) is 4.72 Å². The van der Waals surface area contributed by atoms with Crippen molar-refractivity contribution in [1.82, 2.24) is 0 Å². The number of aryl methyl sites for hydroxylation is 1. The maximum absolute atomic E-state index is 12.4. The summed E-state index contributed by atoms with van der Waals surface area (Å²) in [7, 11) is -4.03. The van der Waals surface area contributed by atoms with E-state index in [1.54, 1.807) is 19.1 Å². The molecule has 2 rings (SSSR count). The lowest BCUT2D eigenvalue weighted by molar-refractivity contribution is 0.0696. The van der Waals surface area contributed by atoms with Crippen molar-refractivity contribution < 1.29 is 18.3 Å². The molecule has 0 saturated carbocycles. The number of carbonyl (C=O) groups is 1. The monoisotopic (exact) mass is 359 g/mol. The van der Waals surface area contributed by atoms with E-state index < -0.39 is 16.0 Å². The van der Waals surface area contributed by atoms with E-state index in [4.69, 9.17) is 28.3 Å². The van der Waals surface area contributed by atoms with E-state index in [1.807, 2.05) is 0 Å². The third kappa shape index (κ3) is 3.52. The van der Waals surface area contributed by atoms with Gasteiger partial charge < -0.3 is 5.11 Å². The predicted molar refractivity (Wildman–Crippen MR) is 85.4 cm³/mol. The minimum atomic E-state index is -4.03. The van der Waals surface area contributed by atoms with E-state index in [-0.39, 0.29) is 21.2 Å². The van der Waals surface area contributed by atoms with Gasteiger partial charge in [-0.15, -0.1) is 0 Å². The van der Waals surface area contributed by atoms with Gasteiger partial charge >= 0.3 is 5.97 Å². The van der Waals surface area contributed by atoms with Crippen LogP contribution in [0.2, 0.25) is 10.0 Å². The highest BCUT2D eigenvalue weighted by atomic mass is 35.5. The summed E-state index contributed by atoms with van der Waals surface area (Å²) in [5, 5.41) is 9.28. The first-order valence-electron chi connectivity index (χ1n) is 6.02. The van der Waals surface area contributed by atoms with Crippen LogP contribution < -0.4 is 4.72 Å². The van der Waals surface area contributed by atoms with Crippen molar-refractivity contribution in [3.05, 3.63) is 57.6 Å². The number of anilines is 1. The van der Waals surface area contributed by atoms with Gasteiger partial charge in [0.25, 0.3) is 10.0 Å². The molecule has 0 aliphatic heterocycles. The van der Waals surface area contributed by atoms with E-state index in [9.17, 15) is 13.2 Å². The molecule has 0 heterocycles. The van der Waals surface area contributed by atoms with Crippen molar-refractivity contribution in [2.24, 2.45) is 0 Å². The molecule has 5 nitrogen and oxygen atoms in total. The molecule has 2 aromatic carbocycles. The Morgan fingerprint density at radius 1 is 1.09 bits per heavy atom. The Morgan fingerprint density at radius 3 is 2.36 bits per heavy atom. The Balaban J connectivity index is 2.44.